The van der Waals surface area contributed by atoms with Crippen LogP contribution >= 0.6 is 11.3 Å². The summed E-state index contributed by atoms with van der Waals surface area (Å²) in [7, 11) is 1.69. The van der Waals surface area contributed by atoms with Gasteiger partial charge >= 0.3 is 5.97 Å². The summed E-state index contributed by atoms with van der Waals surface area (Å²) in [5.41, 5.74) is 2.89. The Morgan fingerprint density at radius 2 is 2.09 bits per heavy atom. The van der Waals surface area contributed by atoms with Crippen LogP contribution in [0.15, 0.2) is 29.2 Å². The van der Waals surface area contributed by atoms with Crippen LogP contribution in [0.5, 0.6) is 5.75 Å². The van der Waals surface area contributed by atoms with Gasteiger partial charge in [0.1, 0.15) is 21.3 Å². The Kier molecular flexibility index (Phi) is 6.37. The minimum Gasteiger partial charge on any atom is -0.497 e. The van der Waals surface area contributed by atoms with Crippen molar-refractivity contribution < 1.29 is 14.3 Å². The molecule has 0 radical (unpaired) electrons. The fourth-order valence-electron chi connectivity index (χ4n) is 5.11. The lowest BCUT2D eigenvalue weighted by Crippen LogP contribution is -2.36. The second-order valence-corrected chi connectivity index (χ2v) is 10.0. The number of aromatic amines is 2. The van der Waals surface area contributed by atoms with Gasteiger partial charge in [-0.2, -0.15) is 0 Å². The number of ether oxygens (including phenoxy) is 2. The Balaban J connectivity index is 1.35. The van der Waals surface area contributed by atoms with Crippen LogP contribution in [0, 0.1) is 6.92 Å². The van der Waals surface area contributed by atoms with Crippen molar-refractivity contribution in [3.8, 4) is 5.75 Å². The molecule has 4 heterocycles. The molecule has 8 nitrogen and oxygen atoms in total. The molecule has 0 amide bonds. The van der Waals surface area contributed by atoms with Gasteiger partial charge in [0.2, 0.25) is 0 Å². The van der Waals surface area contributed by atoms with Crippen molar-refractivity contribution >= 4 is 38.4 Å². The molecule has 2 N–H and O–H groups in total. The van der Waals surface area contributed by atoms with Gasteiger partial charge in [-0.25, -0.2) is 9.78 Å². The van der Waals surface area contributed by atoms with E-state index in [1.807, 2.05) is 6.07 Å². The molecule has 0 spiro atoms. The van der Waals surface area contributed by atoms with E-state index in [1.54, 1.807) is 21.0 Å². The first-order valence-corrected chi connectivity index (χ1v) is 12.8. The summed E-state index contributed by atoms with van der Waals surface area (Å²) in [6.07, 6.45) is 4.17. The third-order valence-corrected chi connectivity index (χ3v) is 8.28. The molecule has 0 saturated carbocycles. The Morgan fingerprint density at radius 1 is 1.31 bits per heavy atom. The molecule has 3 aromatic heterocycles. The smallest absolute Gasteiger partial charge is 0.348 e. The second kappa shape index (κ2) is 9.47. The number of hydrogen-bond donors (Lipinski definition) is 2. The first-order chi connectivity index (χ1) is 16.9. The van der Waals surface area contributed by atoms with Crippen LogP contribution in [0.25, 0.3) is 21.1 Å². The van der Waals surface area contributed by atoms with Crippen molar-refractivity contribution in [3.05, 3.63) is 56.6 Å². The minimum absolute atomic E-state index is 0.0374. The molecule has 1 atom stereocenters. The van der Waals surface area contributed by atoms with Crippen LogP contribution in [0.3, 0.4) is 0 Å². The molecule has 1 saturated heterocycles. The van der Waals surface area contributed by atoms with Crippen LogP contribution < -0.4 is 10.3 Å². The van der Waals surface area contributed by atoms with E-state index in [2.05, 4.69) is 40.1 Å². The number of nitrogens with zero attached hydrogens (tertiary/aromatic N) is 2. The van der Waals surface area contributed by atoms with Crippen molar-refractivity contribution in [1.82, 2.24) is 19.9 Å². The van der Waals surface area contributed by atoms with E-state index in [0.717, 1.165) is 37.2 Å². The molecular formula is C26H30N4O4S. The molecule has 4 aromatic rings. The zero-order valence-electron chi connectivity index (χ0n) is 20.4. The summed E-state index contributed by atoms with van der Waals surface area (Å²) < 4.78 is 10.6. The number of aromatic nitrogens is 3. The molecule has 184 valence electrons. The molecule has 0 bridgehead atoms. The third-order valence-electron chi connectivity index (χ3n) is 7.11. The van der Waals surface area contributed by atoms with Crippen molar-refractivity contribution in [2.75, 3.05) is 26.8 Å². The number of nitrogens with one attached hydrogen (secondary N) is 2. The number of rotatable bonds is 6. The van der Waals surface area contributed by atoms with Crippen LogP contribution in [-0.4, -0.2) is 52.6 Å². The predicted molar refractivity (Wildman–Crippen MR) is 138 cm³/mol. The normalized spacial score (nSPS) is 16.1. The van der Waals surface area contributed by atoms with E-state index in [9.17, 15) is 9.59 Å². The molecule has 5 rings (SSSR count). The Morgan fingerprint density at radius 3 is 2.80 bits per heavy atom. The van der Waals surface area contributed by atoms with Crippen LogP contribution in [0.4, 0.5) is 0 Å². The maximum atomic E-state index is 12.9. The largest absolute Gasteiger partial charge is 0.497 e. The van der Waals surface area contributed by atoms with Gasteiger partial charge in [-0.05, 0) is 81.9 Å². The number of H-pyrrole nitrogens is 2. The zero-order valence-corrected chi connectivity index (χ0v) is 21.3. The van der Waals surface area contributed by atoms with Gasteiger partial charge in [-0.1, -0.05) is 0 Å². The van der Waals surface area contributed by atoms with Gasteiger partial charge in [0, 0.05) is 17.1 Å². The number of fused-ring (bicyclic) bond motifs is 2. The number of carbonyl (C=O) groups excluding carboxylic acids is 1. The summed E-state index contributed by atoms with van der Waals surface area (Å²) in [5.74, 6) is 1.55. The summed E-state index contributed by atoms with van der Waals surface area (Å²) in [5, 5.41) is 1.69. The molecule has 1 aliphatic heterocycles. The Labute approximate surface area is 207 Å². The topological polar surface area (TPSA) is 100 Å². The van der Waals surface area contributed by atoms with Gasteiger partial charge in [0.15, 0.2) is 0 Å². The zero-order chi connectivity index (χ0) is 24.7. The number of esters is 1. The average Bonchev–Trinajstić information content (AvgIpc) is 3.44. The van der Waals surface area contributed by atoms with Crippen molar-refractivity contribution in [3.63, 3.8) is 0 Å². The highest BCUT2D eigenvalue weighted by Gasteiger charge is 2.28. The van der Waals surface area contributed by atoms with Gasteiger partial charge in [0.05, 0.1) is 25.1 Å². The predicted octanol–water partition coefficient (Wildman–Crippen LogP) is 4.90. The van der Waals surface area contributed by atoms with Gasteiger partial charge in [0.25, 0.3) is 5.56 Å². The van der Waals surface area contributed by atoms with E-state index in [4.69, 9.17) is 14.5 Å². The number of carbonyl (C=O) groups is 1. The summed E-state index contributed by atoms with van der Waals surface area (Å²) in [6, 6.07) is 6.10. The molecular weight excluding hydrogens is 464 g/mol. The molecule has 9 heteroatoms. The first-order valence-electron chi connectivity index (χ1n) is 12.0. The van der Waals surface area contributed by atoms with Crippen molar-refractivity contribution in [1.29, 1.82) is 0 Å². The summed E-state index contributed by atoms with van der Waals surface area (Å²) >= 11 is 1.23. The highest BCUT2D eigenvalue weighted by Crippen LogP contribution is 2.36. The molecule has 1 unspecified atom stereocenters. The number of hydrogen-bond acceptors (Lipinski definition) is 7. The van der Waals surface area contributed by atoms with Crippen molar-refractivity contribution in [2.24, 2.45) is 0 Å². The maximum Gasteiger partial charge on any atom is 0.348 e. The molecule has 1 fully saturated rings. The number of piperidine rings is 1. The number of methoxy groups -OCH3 is 1. The average molecular weight is 495 g/mol. The lowest BCUT2D eigenvalue weighted by molar-refractivity contribution is 0.0531. The van der Waals surface area contributed by atoms with E-state index in [0.29, 0.717) is 39.0 Å². The minimum atomic E-state index is -0.404. The Hall–Kier alpha value is -3.17. The molecule has 0 aliphatic carbocycles. The van der Waals surface area contributed by atoms with E-state index in [1.165, 1.54) is 22.3 Å². The summed E-state index contributed by atoms with van der Waals surface area (Å²) in [4.78, 5) is 39.7. The molecule has 1 aliphatic rings. The molecule has 35 heavy (non-hydrogen) atoms. The van der Waals surface area contributed by atoms with Crippen molar-refractivity contribution in [2.45, 2.75) is 45.6 Å². The van der Waals surface area contributed by atoms with E-state index in [-0.39, 0.29) is 11.6 Å². The van der Waals surface area contributed by atoms with E-state index < -0.39 is 5.97 Å². The standard InChI is InChI=1S/C26H30N4O4S/c1-5-34-26(32)22-14(2)21-24(31)28-23(29-25(21)35-22)15(3)30-10-8-16(9-11-30)19-13-27-20-7-6-17(33-4)12-18(19)20/h6-7,12-13,15-16,27H,5,8-11H2,1-4H3,(H,28,29,31). The van der Waals surface area contributed by atoms with Crippen LogP contribution in [-0.2, 0) is 4.74 Å². The number of likely N-dealkylation sites (tertiary alicyclic amines) is 1. The third kappa shape index (κ3) is 4.23. The lowest BCUT2D eigenvalue weighted by atomic mass is 9.88. The van der Waals surface area contributed by atoms with Gasteiger partial charge in [-0.3, -0.25) is 9.69 Å². The van der Waals surface area contributed by atoms with Crippen LogP contribution in [0.2, 0.25) is 0 Å². The van der Waals surface area contributed by atoms with E-state index >= 15 is 0 Å². The lowest BCUT2D eigenvalue weighted by Gasteiger charge is -2.35. The highest BCUT2D eigenvalue weighted by atomic mass is 32.1. The van der Waals surface area contributed by atoms with Gasteiger partial charge < -0.3 is 19.4 Å². The van der Waals surface area contributed by atoms with Crippen LogP contribution in [0.1, 0.15) is 65.3 Å². The second-order valence-electron chi connectivity index (χ2n) is 9.05. The Bertz CT molecular complexity index is 1450. The monoisotopic (exact) mass is 494 g/mol. The fourth-order valence-corrected chi connectivity index (χ4v) is 6.19. The quantitative estimate of drug-likeness (QED) is 0.370. The number of benzene rings is 1. The number of thiophene rings is 1. The van der Waals surface area contributed by atoms with Gasteiger partial charge in [-0.15, -0.1) is 11.3 Å². The fraction of sp³-hybridized carbons (Fsp3) is 0.423. The highest BCUT2D eigenvalue weighted by molar-refractivity contribution is 7.20. The molecule has 1 aromatic carbocycles. The SMILES string of the molecule is CCOC(=O)c1sc2nc(C(C)N3CCC(c4c[nH]c5ccc(OC)cc45)CC3)[nH]c(=O)c2c1C. The first kappa shape index (κ1) is 23.6. The maximum absolute atomic E-state index is 12.9. The number of aryl methyl sites for hydroxylation is 1. The summed E-state index contributed by atoms with van der Waals surface area (Å²) in [6.45, 7) is 7.72.